The molecule has 1 heterocycles. The number of carbonyl (C=O) groups is 1. The third-order valence-electron chi connectivity index (χ3n) is 5.60. The number of carbonyl (C=O) groups excluding carboxylic acids is 1. The van der Waals surface area contributed by atoms with Crippen LogP contribution in [0.4, 0.5) is 0 Å². The van der Waals surface area contributed by atoms with Crippen molar-refractivity contribution in [1.82, 2.24) is 26.1 Å². The zero-order valence-electron chi connectivity index (χ0n) is 17.7. The van der Waals surface area contributed by atoms with Crippen LogP contribution in [-0.2, 0) is 11.3 Å². The van der Waals surface area contributed by atoms with E-state index in [-0.39, 0.29) is 24.4 Å². The summed E-state index contributed by atoms with van der Waals surface area (Å²) in [6.07, 6.45) is 6.08. The van der Waals surface area contributed by atoms with Gasteiger partial charge in [-0.3, -0.25) is 4.79 Å². The zero-order valence-corrected chi connectivity index (χ0v) is 18.5. The molecule has 2 fully saturated rings. The Labute approximate surface area is 187 Å². The Morgan fingerprint density at radius 2 is 1.97 bits per heavy atom. The van der Waals surface area contributed by atoms with E-state index in [1.165, 1.54) is 0 Å². The van der Waals surface area contributed by atoms with Gasteiger partial charge < -0.3 is 20.5 Å². The van der Waals surface area contributed by atoms with Crippen molar-refractivity contribution in [3.05, 3.63) is 35.2 Å². The molecule has 2 saturated carbocycles. The number of hydrogen-bond donors (Lipinski definition) is 3. The van der Waals surface area contributed by atoms with Crippen LogP contribution in [0.5, 0.6) is 0 Å². The largest absolute Gasteiger partial charge is 0.357 e. The lowest BCUT2D eigenvalue weighted by Gasteiger charge is -2.30. The Hall–Kier alpha value is -2.61. The molecule has 1 aromatic heterocycles. The number of aromatic nitrogens is 2. The van der Waals surface area contributed by atoms with E-state index in [2.05, 4.69) is 31.1 Å². The zero-order chi connectivity index (χ0) is 21.6. The Morgan fingerprint density at radius 1 is 1.16 bits per heavy atom. The van der Waals surface area contributed by atoms with Gasteiger partial charge in [-0.25, -0.2) is 4.99 Å². The van der Waals surface area contributed by atoms with Gasteiger partial charge in [0.2, 0.25) is 17.6 Å². The maximum absolute atomic E-state index is 12.4. The fourth-order valence-corrected chi connectivity index (χ4v) is 3.93. The van der Waals surface area contributed by atoms with Crippen molar-refractivity contribution in [3.8, 4) is 11.4 Å². The third-order valence-corrected chi connectivity index (χ3v) is 5.85. The lowest BCUT2D eigenvalue weighted by Crippen LogP contribution is -2.47. The van der Waals surface area contributed by atoms with Crippen molar-refractivity contribution < 1.29 is 9.32 Å². The summed E-state index contributed by atoms with van der Waals surface area (Å²) in [4.78, 5) is 21.5. The number of amides is 1. The molecule has 0 radical (unpaired) electrons. The predicted molar refractivity (Wildman–Crippen MR) is 120 cm³/mol. The van der Waals surface area contributed by atoms with Crippen molar-refractivity contribution in [2.24, 2.45) is 10.9 Å². The fraction of sp³-hybridized carbons (Fsp3) is 0.545. The minimum atomic E-state index is 0.0765. The number of rotatable bonds is 7. The Kier molecular flexibility index (Phi) is 7.06. The molecule has 2 aliphatic carbocycles. The highest BCUT2D eigenvalue weighted by Crippen LogP contribution is 2.27. The van der Waals surface area contributed by atoms with Gasteiger partial charge in [-0.05, 0) is 63.3 Å². The van der Waals surface area contributed by atoms with Gasteiger partial charge in [0.1, 0.15) is 6.54 Å². The highest BCUT2D eigenvalue weighted by molar-refractivity contribution is 6.30. The highest BCUT2D eigenvalue weighted by atomic mass is 35.5. The van der Waals surface area contributed by atoms with Crippen LogP contribution in [-0.4, -0.2) is 40.6 Å². The van der Waals surface area contributed by atoms with Gasteiger partial charge >= 0.3 is 0 Å². The van der Waals surface area contributed by atoms with Gasteiger partial charge in [0.25, 0.3) is 0 Å². The number of nitrogens with zero attached hydrogens (tertiary/aromatic N) is 3. The molecule has 2 unspecified atom stereocenters. The van der Waals surface area contributed by atoms with E-state index < -0.39 is 0 Å². The minimum Gasteiger partial charge on any atom is -0.357 e. The molecule has 2 atom stereocenters. The van der Waals surface area contributed by atoms with Crippen LogP contribution in [0.2, 0.25) is 5.02 Å². The van der Waals surface area contributed by atoms with Crippen LogP contribution < -0.4 is 16.0 Å². The molecule has 4 rings (SSSR count). The van der Waals surface area contributed by atoms with Crippen molar-refractivity contribution in [2.75, 3.05) is 6.54 Å². The molecule has 31 heavy (non-hydrogen) atoms. The van der Waals surface area contributed by atoms with Crippen LogP contribution in [0.25, 0.3) is 11.4 Å². The summed E-state index contributed by atoms with van der Waals surface area (Å²) in [5, 5.41) is 14.6. The molecule has 0 saturated heterocycles. The van der Waals surface area contributed by atoms with Crippen molar-refractivity contribution in [2.45, 2.75) is 64.1 Å². The van der Waals surface area contributed by atoms with Gasteiger partial charge in [-0.1, -0.05) is 23.2 Å². The van der Waals surface area contributed by atoms with Gasteiger partial charge in [0, 0.05) is 35.1 Å². The molecule has 2 aromatic rings. The van der Waals surface area contributed by atoms with E-state index in [1.54, 1.807) is 12.1 Å². The first-order valence-electron chi connectivity index (χ1n) is 11.0. The van der Waals surface area contributed by atoms with Gasteiger partial charge in [-0.15, -0.1) is 0 Å². The summed E-state index contributed by atoms with van der Waals surface area (Å²) in [5.41, 5.74) is 0.839. The number of guanidine groups is 1. The smallest absolute Gasteiger partial charge is 0.248 e. The lowest BCUT2D eigenvalue weighted by atomic mass is 9.85. The molecule has 0 aliphatic heterocycles. The number of halogens is 1. The maximum atomic E-state index is 12.4. The first-order valence-corrected chi connectivity index (χ1v) is 11.4. The first kappa shape index (κ1) is 21.6. The number of aliphatic imine (C=N–C) groups is 1. The molecule has 3 N–H and O–H groups in total. The van der Waals surface area contributed by atoms with E-state index in [9.17, 15) is 4.79 Å². The second kappa shape index (κ2) is 10.1. The Morgan fingerprint density at radius 3 is 2.71 bits per heavy atom. The van der Waals surface area contributed by atoms with Crippen LogP contribution >= 0.6 is 11.6 Å². The van der Waals surface area contributed by atoms with E-state index in [4.69, 9.17) is 16.1 Å². The predicted octanol–water partition coefficient (Wildman–Crippen LogP) is 3.28. The van der Waals surface area contributed by atoms with Gasteiger partial charge in [0.15, 0.2) is 5.96 Å². The summed E-state index contributed by atoms with van der Waals surface area (Å²) in [6.45, 7) is 3.04. The lowest BCUT2D eigenvalue weighted by molar-refractivity contribution is -0.126. The Bertz CT molecular complexity index is 909. The molecule has 8 nitrogen and oxygen atoms in total. The van der Waals surface area contributed by atoms with Crippen LogP contribution in [0.15, 0.2) is 33.8 Å². The van der Waals surface area contributed by atoms with Crippen molar-refractivity contribution in [3.63, 3.8) is 0 Å². The fourth-order valence-electron chi connectivity index (χ4n) is 3.80. The molecule has 0 bridgehead atoms. The molecular formula is C22H29ClN6O2. The normalized spacial score (nSPS) is 21.5. The maximum Gasteiger partial charge on any atom is 0.248 e. The average molecular weight is 445 g/mol. The number of benzene rings is 1. The summed E-state index contributed by atoms with van der Waals surface area (Å²) < 4.78 is 5.35. The monoisotopic (exact) mass is 444 g/mol. The molecule has 166 valence electrons. The van der Waals surface area contributed by atoms with E-state index in [1.807, 2.05) is 19.1 Å². The van der Waals surface area contributed by atoms with E-state index in [0.717, 1.165) is 50.6 Å². The quantitative estimate of drug-likeness (QED) is 0.447. The summed E-state index contributed by atoms with van der Waals surface area (Å²) in [5.74, 6) is 1.93. The number of hydrogen-bond acceptors (Lipinski definition) is 5. The summed E-state index contributed by atoms with van der Waals surface area (Å²) in [6, 6.07) is 7.91. The molecule has 2 aliphatic rings. The second-order valence-corrected chi connectivity index (χ2v) is 8.64. The van der Waals surface area contributed by atoms with Gasteiger partial charge in [-0.2, -0.15) is 4.98 Å². The Balaban J connectivity index is 1.34. The number of nitrogens with one attached hydrogen (secondary N) is 3. The van der Waals surface area contributed by atoms with Crippen molar-refractivity contribution >= 4 is 23.5 Å². The molecular weight excluding hydrogens is 416 g/mol. The van der Waals surface area contributed by atoms with E-state index >= 15 is 0 Å². The average Bonchev–Trinajstić information content (AvgIpc) is 3.46. The van der Waals surface area contributed by atoms with Crippen LogP contribution in [0.1, 0.15) is 51.3 Å². The third kappa shape index (κ3) is 6.19. The SMILES string of the molecule is CCNC(=NCc1nc(-c2ccc(Cl)cc2)no1)NC1CCCC(C(=O)NC2CC2)C1. The standard InChI is InChI=1S/C22H29ClN6O2/c1-2-24-22(27-18-5-3-4-15(12-18)21(30)26-17-10-11-17)25-13-19-28-20(29-31-19)14-6-8-16(23)9-7-14/h6-9,15,17-18H,2-5,10-13H2,1H3,(H,26,30)(H2,24,25,27). The van der Waals surface area contributed by atoms with Crippen LogP contribution in [0, 0.1) is 5.92 Å². The van der Waals surface area contributed by atoms with E-state index in [0.29, 0.717) is 28.7 Å². The van der Waals surface area contributed by atoms with Crippen LogP contribution in [0.3, 0.4) is 0 Å². The summed E-state index contributed by atoms with van der Waals surface area (Å²) >= 11 is 5.93. The topological polar surface area (TPSA) is 104 Å². The van der Waals surface area contributed by atoms with Crippen molar-refractivity contribution in [1.29, 1.82) is 0 Å². The molecule has 1 aromatic carbocycles. The minimum absolute atomic E-state index is 0.0765. The highest BCUT2D eigenvalue weighted by Gasteiger charge is 2.31. The summed E-state index contributed by atoms with van der Waals surface area (Å²) in [7, 11) is 0. The van der Waals surface area contributed by atoms with Gasteiger partial charge in [0.05, 0.1) is 0 Å². The molecule has 1 amide bonds. The first-order chi connectivity index (χ1) is 15.1. The second-order valence-electron chi connectivity index (χ2n) is 8.20. The molecule has 0 spiro atoms. The molecule has 9 heteroatoms.